The van der Waals surface area contributed by atoms with E-state index in [1.54, 1.807) is 6.92 Å². The molecule has 0 aromatic carbocycles. The summed E-state index contributed by atoms with van der Waals surface area (Å²) in [6.07, 6.45) is 4.82. The zero-order valence-corrected chi connectivity index (χ0v) is 14.6. The molecular formula is C15H23FN4O3S. The summed E-state index contributed by atoms with van der Waals surface area (Å²) < 4.78 is 45.2. The quantitative estimate of drug-likeness (QED) is 0.862. The van der Waals surface area contributed by atoms with Gasteiger partial charge in [-0.2, -0.15) is 0 Å². The molecule has 0 saturated carbocycles. The van der Waals surface area contributed by atoms with E-state index in [0.29, 0.717) is 19.2 Å². The molecule has 1 spiro atoms. The lowest BCUT2D eigenvalue weighted by molar-refractivity contribution is -0.0234. The van der Waals surface area contributed by atoms with Crippen LogP contribution in [0.5, 0.6) is 0 Å². The first-order chi connectivity index (χ1) is 11.4. The number of hydrogen-bond acceptors (Lipinski definition) is 6. The van der Waals surface area contributed by atoms with Crippen LogP contribution >= 0.6 is 0 Å². The van der Waals surface area contributed by atoms with Gasteiger partial charge in [0, 0.05) is 19.7 Å². The van der Waals surface area contributed by atoms with E-state index in [1.165, 1.54) is 12.4 Å². The van der Waals surface area contributed by atoms with Crippen molar-refractivity contribution < 1.29 is 17.5 Å². The molecule has 134 valence electrons. The lowest BCUT2D eigenvalue weighted by Crippen LogP contribution is -2.57. The highest BCUT2D eigenvalue weighted by Gasteiger charge is 2.45. The van der Waals surface area contributed by atoms with Gasteiger partial charge in [-0.05, 0) is 31.6 Å². The smallest absolute Gasteiger partial charge is 0.225 e. The van der Waals surface area contributed by atoms with Crippen molar-refractivity contribution in [1.29, 1.82) is 0 Å². The van der Waals surface area contributed by atoms with Crippen LogP contribution in [0.4, 0.5) is 10.3 Å². The summed E-state index contributed by atoms with van der Waals surface area (Å²) in [5.74, 6) is 0.129. The molecule has 24 heavy (non-hydrogen) atoms. The zero-order chi connectivity index (χ0) is 17.2. The van der Waals surface area contributed by atoms with Crippen LogP contribution in [0.15, 0.2) is 12.4 Å². The van der Waals surface area contributed by atoms with Crippen molar-refractivity contribution in [3.05, 3.63) is 18.2 Å². The third-order valence-corrected chi connectivity index (χ3v) is 6.52. The molecule has 3 heterocycles. The lowest BCUT2D eigenvalue weighted by Gasteiger charge is -2.48. The highest BCUT2D eigenvalue weighted by molar-refractivity contribution is 7.89. The molecule has 0 bridgehead atoms. The Morgan fingerprint density at radius 1 is 1.33 bits per heavy atom. The Balaban J connectivity index is 1.70. The molecule has 0 aliphatic carbocycles. The molecule has 2 saturated heterocycles. The minimum absolute atomic E-state index is 0.0646. The van der Waals surface area contributed by atoms with E-state index in [9.17, 15) is 12.8 Å². The van der Waals surface area contributed by atoms with E-state index in [2.05, 4.69) is 14.7 Å². The summed E-state index contributed by atoms with van der Waals surface area (Å²) in [6, 6.07) is -0.201. The fourth-order valence-corrected chi connectivity index (χ4v) is 4.42. The van der Waals surface area contributed by atoms with Gasteiger partial charge in [0.05, 0.1) is 30.8 Å². The number of hydrogen-bond donors (Lipinski definition) is 1. The monoisotopic (exact) mass is 358 g/mol. The standard InChI is InChI=1S/C15H23FN4O3S/c1-2-24(21,22)19-13-11-23-8-5-15(13)3-6-20(7-4-15)14-17-9-12(16)10-18-14/h9-10,13,19H,2-8,11H2,1H3. The van der Waals surface area contributed by atoms with Crippen LogP contribution in [0.2, 0.25) is 0 Å². The Hall–Kier alpha value is -1.32. The zero-order valence-electron chi connectivity index (χ0n) is 13.7. The minimum atomic E-state index is -3.27. The molecule has 2 aliphatic heterocycles. The number of nitrogens with one attached hydrogen (secondary N) is 1. The second kappa shape index (κ2) is 6.89. The topological polar surface area (TPSA) is 84.4 Å². The number of halogens is 1. The van der Waals surface area contributed by atoms with E-state index in [-0.39, 0.29) is 17.2 Å². The highest BCUT2D eigenvalue weighted by atomic mass is 32.2. The number of aromatic nitrogens is 2. The summed E-state index contributed by atoms with van der Waals surface area (Å²) in [7, 11) is -3.27. The number of ether oxygens (including phenoxy) is 1. The predicted octanol–water partition coefficient (Wildman–Crippen LogP) is 0.930. The van der Waals surface area contributed by atoms with Crippen LogP contribution in [0.3, 0.4) is 0 Å². The Kier molecular flexibility index (Phi) is 5.03. The van der Waals surface area contributed by atoms with Gasteiger partial charge in [-0.15, -0.1) is 0 Å². The van der Waals surface area contributed by atoms with Gasteiger partial charge >= 0.3 is 0 Å². The van der Waals surface area contributed by atoms with Gasteiger partial charge in [-0.3, -0.25) is 0 Å². The predicted molar refractivity (Wildman–Crippen MR) is 87.7 cm³/mol. The molecule has 9 heteroatoms. The first kappa shape index (κ1) is 17.5. The van der Waals surface area contributed by atoms with Gasteiger partial charge in [-0.25, -0.2) is 27.5 Å². The van der Waals surface area contributed by atoms with Crippen molar-refractivity contribution in [1.82, 2.24) is 14.7 Å². The molecule has 3 rings (SSSR count). The Morgan fingerprint density at radius 2 is 2.00 bits per heavy atom. The SMILES string of the molecule is CCS(=O)(=O)NC1COCCC12CCN(c1ncc(F)cn1)CC2. The minimum Gasteiger partial charge on any atom is -0.380 e. The average Bonchev–Trinajstić information content (AvgIpc) is 2.59. The summed E-state index contributed by atoms with van der Waals surface area (Å²) in [5, 5.41) is 0. The Bertz CT molecular complexity index is 660. The van der Waals surface area contributed by atoms with Gasteiger partial charge in [0.25, 0.3) is 0 Å². The maximum Gasteiger partial charge on any atom is 0.225 e. The highest BCUT2D eigenvalue weighted by Crippen LogP contribution is 2.41. The third kappa shape index (κ3) is 3.68. The van der Waals surface area contributed by atoms with E-state index >= 15 is 0 Å². The molecule has 0 amide bonds. The van der Waals surface area contributed by atoms with Gasteiger partial charge in [0.15, 0.2) is 5.82 Å². The number of nitrogens with zero attached hydrogens (tertiary/aromatic N) is 3. The van der Waals surface area contributed by atoms with Crippen LogP contribution in [0.25, 0.3) is 0 Å². The number of rotatable bonds is 4. The number of piperidine rings is 1. The maximum absolute atomic E-state index is 13.0. The van der Waals surface area contributed by atoms with Crippen LogP contribution in [0, 0.1) is 11.2 Å². The van der Waals surface area contributed by atoms with Crippen molar-refractivity contribution >= 4 is 16.0 Å². The molecule has 1 aromatic heterocycles. The van der Waals surface area contributed by atoms with Crippen molar-refractivity contribution in [2.45, 2.75) is 32.2 Å². The van der Waals surface area contributed by atoms with Crippen molar-refractivity contribution in [2.24, 2.45) is 5.41 Å². The molecule has 1 N–H and O–H groups in total. The molecule has 1 unspecified atom stereocenters. The largest absolute Gasteiger partial charge is 0.380 e. The second-order valence-electron chi connectivity index (χ2n) is 6.45. The van der Waals surface area contributed by atoms with Gasteiger partial charge < -0.3 is 9.64 Å². The van der Waals surface area contributed by atoms with Crippen molar-refractivity contribution in [3.8, 4) is 0 Å². The first-order valence-electron chi connectivity index (χ1n) is 8.24. The summed E-state index contributed by atoms with van der Waals surface area (Å²) in [4.78, 5) is 10.1. The number of anilines is 1. The molecule has 0 radical (unpaired) electrons. The number of sulfonamides is 1. The van der Waals surface area contributed by atoms with E-state index in [0.717, 1.165) is 32.4 Å². The van der Waals surface area contributed by atoms with E-state index in [4.69, 9.17) is 4.74 Å². The molecule has 7 nitrogen and oxygen atoms in total. The lowest BCUT2D eigenvalue weighted by atomic mass is 9.69. The van der Waals surface area contributed by atoms with E-state index in [1.807, 2.05) is 4.90 Å². The molecule has 2 aliphatic rings. The summed E-state index contributed by atoms with van der Waals surface area (Å²) >= 11 is 0. The van der Waals surface area contributed by atoms with Crippen LogP contribution in [-0.2, 0) is 14.8 Å². The molecule has 1 atom stereocenters. The van der Waals surface area contributed by atoms with Crippen LogP contribution in [-0.4, -0.2) is 56.5 Å². The average molecular weight is 358 g/mol. The van der Waals surface area contributed by atoms with Crippen LogP contribution in [0.1, 0.15) is 26.2 Å². The summed E-state index contributed by atoms with van der Waals surface area (Å²) in [6.45, 7) is 4.13. The maximum atomic E-state index is 13.0. The van der Waals surface area contributed by atoms with Gasteiger partial charge in [-0.1, -0.05) is 0 Å². The normalized spacial score (nSPS) is 24.2. The summed E-state index contributed by atoms with van der Waals surface area (Å²) in [5.41, 5.74) is -0.100. The van der Waals surface area contributed by atoms with Crippen molar-refractivity contribution in [2.75, 3.05) is 37.0 Å². The van der Waals surface area contributed by atoms with Crippen molar-refractivity contribution in [3.63, 3.8) is 0 Å². The Morgan fingerprint density at radius 3 is 2.62 bits per heavy atom. The second-order valence-corrected chi connectivity index (χ2v) is 8.49. The van der Waals surface area contributed by atoms with Gasteiger partial charge in [0.2, 0.25) is 16.0 Å². The Labute approximate surface area is 141 Å². The molecule has 2 fully saturated rings. The fraction of sp³-hybridized carbons (Fsp3) is 0.733. The molecular weight excluding hydrogens is 335 g/mol. The van der Waals surface area contributed by atoms with Crippen LogP contribution < -0.4 is 9.62 Å². The van der Waals surface area contributed by atoms with E-state index < -0.39 is 15.8 Å². The third-order valence-electron chi connectivity index (χ3n) is 5.12. The first-order valence-corrected chi connectivity index (χ1v) is 9.90. The molecule has 1 aromatic rings. The fourth-order valence-electron chi connectivity index (χ4n) is 3.51. The van der Waals surface area contributed by atoms with Gasteiger partial charge in [0.1, 0.15) is 0 Å².